The highest BCUT2D eigenvalue weighted by Gasteiger charge is 2.08. The van der Waals surface area contributed by atoms with Crippen molar-refractivity contribution in [1.82, 2.24) is 0 Å². The highest BCUT2D eigenvalue weighted by molar-refractivity contribution is 6.04. The number of hydrogen-bond acceptors (Lipinski definition) is 2. The van der Waals surface area contributed by atoms with E-state index in [1.807, 2.05) is 0 Å². The van der Waals surface area contributed by atoms with E-state index in [9.17, 15) is 9.18 Å². The Bertz CT molecular complexity index is 692. The minimum Gasteiger partial charge on any atom is -0.322 e. The molecule has 0 radical (unpaired) electrons. The lowest BCUT2D eigenvalue weighted by molar-refractivity contribution is 0.102. The lowest BCUT2D eigenvalue weighted by Crippen LogP contribution is -2.12. The fraction of sp³-hybridized carbons (Fsp3) is 0.118. The average molecular weight is 282 g/mol. The van der Waals surface area contributed by atoms with Crippen LogP contribution in [-0.4, -0.2) is 12.5 Å². The van der Waals surface area contributed by atoms with Crippen molar-refractivity contribution >= 4 is 11.6 Å². The normalized spacial score (nSPS) is 9.67. The van der Waals surface area contributed by atoms with Gasteiger partial charge in [0.1, 0.15) is 5.82 Å². The number of nitrogens with one attached hydrogen (secondary N) is 1. The zero-order valence-corrected chi connectivity index (χ0v) is 11.6. The van der Waals surface area contributed by atoms with Gasteiger partial charge in [0.15, 0.2) is 0 Å². The molecule has 0 unspecified atom stereocenters. The van der Waals surface area contributed by atoms with Crippen molar-refractivity contribution in [3.63, 3.8) is 0 Å². The molecule has 3 nitrogen and oxygen atoms in total. The van der Waals surface area contributed by atoms with Gasteiger partial charge in [-0.05, 0) is 55.0 Å². The van der Waals surface area contributed by atoms with Crippen LogP contribution in [0.5, 0.6) is 0 Å². The van der Waals surface area contributed by atoms with Crippen LogP contribution < -0.4 is 11.1 Å². The van der Waals surface area contributed by atoms with Gasteiger partial charge in [-0.15, -0.1) is 0 Å². The first-order valence-electron chi connectivity index (χ1n) is 6.46. The maximum Gasteiger partial charge on any atom is 0.255 e. The van der Waals surface area contributed by atoms with Crippen LogP contribution in [0.15, 0.2) is 42.5 Å². The summed E-state index contributed by atoms with van der Waals surface area (Å²) in [4.78, 5) is 12.1. The summed E-state index contributed by atoms with van der Waals surface area (Å²) in [7, 11) is 0. The molecule has 3 N–H and O–H groups in total. The van der Waals surface area contributed by atoms with Gasteiger partial charge in [-0.1, -0.05) is 11.8 Å². The van der Waals surface area contributed by atoms with Crippen LogP contribution in [0.2, 0.25) is 0 Å². The van der Waals surface area contributed by atoms with Crippen molar-refractivity contribution < 1.29 is 9.18 Å². The molecule has 0 aliphatic rings. The van der Waals surface area contributed by atoms with Crippen LogP contribution >= 0.6 is 0 Å². The lowest BCUT2D eigenvalue weighted by atomic mass is 10.1. The van der Waals surface area contributed by atoms with Gasteiger partial charge in [-0.3, -0.25) is 4.79 Å². The number of hydrogen-bond donors (Lipinski definition) is 2. The maximum absolute atomic E-state index is 13.3. The summed E-state index contributed by atoms with van der Waals surface area (Å²) in [5.41, 5.74) is 7.74. The Morgan fingerprint density at radius 2 is 1.95 bits per heavy atom. The number of carbonyl (C=O) groups excluding carboxylic acids is 1. The smallest absolute Gasteiger partial charge is 0.255 e. The second-order valence-corrected chi connectivity index (χ2v) is 4.55. The quantitative estimate of drug-likeness (QED) is 0.832. The predicted molar refractivity (Wildman–Crippen MR) is 81.5 cm³/mol. The molecule has 0 aliphatic carbocycles. The zero-order chi connectivity index (χ0) is 15.2. The first-order valence-corrected chi connectivity index (χ1v) is 6.46. The number of halogens is 1. The Hall–Kier alpha value is -2.64. The first kappa shape index (κ1) is 14.8. The number of nitrogens with two attached hydrogens (primary N) is 1. The topological polar surface area (TPSA) is 55.1 Å². The fourth-order valence-electron chi connectivity index (χ4n) is 1.86. The third-order valence-electron chi connectivity index (χ3n) is 2.78. The SMILES string of the molecule is Cc1cc(F)cc(C(=O)Nc2ccc(C#CCN)cc2)c1. The van der Waals surface area contributed by atoms with E-state index in [-0.39, 0.29) is 5.91 Å². The van der Waals surface area contributed by atoms with Gasteiger partial charge in [0.05, 0.1) is 6.54 Å². The number of carbonyl (C=O) groups is 1. The third kappa shape index (κ3) is 4.16. The van der Waals surface area contributed by atoms with E-state index in [0.717, 1.165) is 5.56 Å². The van der Waals surface area contributed by atoms with Crippen LogP contribution in [0, 0.1) is 24.6 Å². The molecular formula is C17H15FN2O. The highest BCUT2D eigenvalue weighted by Crippen LogP contribution is 2.13. The molecule has 106 valence electrons. The molecule has 0 atom stereocenters. The van der Waals surface area contributed by atoms with Gasteiger partial charge in [-0.2, -0.15) is 0 Å². The van der Waals surface area contributed by atoms with E-state index in [2.05, 4.69) is 17.2 Å². The van der Waals surface area contributed by atoms with E-state index in [0.29, 0.717) is 23.4 Å². The van der Waals surface area contributed by atoms with Crippen LogP contribution in [0.1, 0.15) is 21.5 Å². The molecule has 0 heterocycles. The Kier molecular flexibility index (Phi) is 4.70. The average Bonchev–Trinajstić information content (AvgIpc) is 2.45. The summed E-state index contributed by atoms with van der Waals surface area (Å²) in [6, 6.07) is 11.3. The highest BCUT2D eigenvalue weighted by atomic mass is 19.1. The van der Waals surface area contributed by atoms with Crippen LogP contribution in [0.4, 0.5) is 10.1 Å². The predicted octanol–water partition coefficient (Wildman–Crippen LogP) is 2.70. The molecule has 2 aromatic carbocycles. The monoisotopic (exact) mass is 282 g/mol. The van der Waals surface area contributed by atoms with Crippen molar-refractivity contribution in [2.45, 2.75) is 6.92 Å². The number of rotatable bonds is 2. The van der Waals surface area contributed by atoms with E-state index < -0.39 is 5.82 Å². The van der Waals surface area contributed by atoms with Gasteiger partial charge < -0.3 is 11.1 Å². The molecular weight excluding hydrogens is 267 g/mol. The molecule has 0 aromatic heterocycles. The second kappa shape index (κ2) is 6.69. The Balaban J connectivity index is 2.12. The molecule has 2 rings (SSSR count). The van der Waals surface area contributed by atoms with Gasteiger partial charge >= 0.3 is 0 Å². The van der Waals surface area contributed by atoms with Gasteiger partial charge in [0, 0.05) is 16.8 Å². The largest absolute Gasteiger partial charge is 0.322 e. The molecule has 1 amide bonds. The third-order valence-corrected chi connectivity index (χ3v) is 2.78. The molecule has 0 fully saturated rings. The summed E-state index contributed by atoms with van der Waals surface area (Å²) < 4.78 is 13.3. The molecule has 0 spiro atoms. The summed E-state index contributed by atoms with van der Waals surface area (Å²) in [5.74, 6) is 4.87. The Labute approximate surface area is 123 Å². The Morgan fingerprint density at radius 3 is 2.57 bits per heavy atom. The Morgan fingerprint density at radius 1 is 1.24 bits per heavy atom. The first-order chi connectivity index (χ1) is 10.1. The second-order valence-electron chi connectivity index (χ2n) is 4.55. The molecule has 0 saturated heterocycles. The van der Waals surface area contributed by atoms with E-state index >= 15 is 0 Å². The standard InChI is InChI=1S/C17H15FN2O/c1-12-9-14(11-15(18)10-12)17(21)20-16-6-4-13(5-7-16)3-2-8-19/h4-7,9-11H,8,19H2,1H3,(H,20,21). The number of anilines is 1. The van der Waals surface area contributed by atoms with Crippen molar-refractivity contribution in [2.24, 2.45) is 5.73 Å². The van der Waals surface area contributed by atoms with E-state index in [1.54, 1.807) is 37.3 Å². The molecule has 0 saturated carbocycles. The minimum atomic E-state index is -0.424. The van der Waals surface area contributed by atoms with Gasteiger partial charge in [0.25, 0.3) is 5.91 Å². The van der Waals surface area contributed by atoms with Crippen molar-refractivity contribution in [3.8, 4) is 11.8 Å². The van der Waals surface area contributed by atoms with Gasteiger partial charge in [0.2, 0.25) is 0 Å². The van der Waals surface area contributed by atoms with Crippen LogP contribution in [0.3, 0.4) is 0 Å². The van der Waals surface area contributed by atoms with E-state index in [4.69, 9.17) is 5.73 Å². The van der Waals surface area contributed by atoms with Crippen molar-refractivity contribution in [3.05, 3.63) is 65.0 Å². The number of amides is 1. The number of benzene rings is 2. The summed E-state index contributed by atoms with van der Waals surface area (Å²) in [6.07, 6.45) is 0. The molecule has 0 aliphatic heterocycles. The molecule has 4 heteroatoms. The lowest BCUT2D eigenvalue weighted by Gasteiger charge is -2.06. The van der Waals surface area contributed by atoms with Crippen LogP contribution in [-0.2, 0) is 0 Å². The van der Waals surface area contributed by atoms with E-state index in [1.165, 1.54) is 12.1 Å². The zero-order valence-electron chi connectivity index (χ0n) is 11.6. The maximum atomic E-state index is 13.3. The van der Waals surface area contributed by atoms with Gasteiger partial charge in [-0.25, -0.2) is 4.39 Å². The number of aryl methyl sites for hydroxylation is 1. The summed E-state index contributed by atoms with van der Waals surface area (Å²) in [5, 5.41) is 2.72. The van der Waals surface area contributed by atoms with Crippen molar-refractivity contribution in [2.75, 3.05) is 11.9 Å². The summed E-state index contributed by atoms with van der Waals surface area (Å²) in [6.45, 7) is 2.04. The van der Waals surface area contributed by atoms with Crippen LogP contribution in [0.25, 0.3) is 0 Å². The molecule has 21 heavy (non-hydrogen) atoms. The summed E-state index contributed by atoms with van der Waals surface area (Å²) >= 11 is 0. The molecule has 2 aromatic rings. The fourth-order valence-corrected chi connectivity index (χ4v) is 1.86. The minimum absolute atomic E-state index is 0.291. The van der Waals surface area contributed by atoms with Crippen molar-refractivity contribution in [1.29, 1.82) is 0 Å². The molecule has 0 bridgehead atoms.